The van der Waals surface area contributed by atoms with Crippen LogP contribution in [0.5, 0.6) is 0 Å². The predicted molar refractivity (Wildman–Crippen MR) is 76.7 cm³/mol. The minimum absolute atomic E-state index is 0.259. The van der Waals surface area contributed by atoms with Crippen molar-refractivity contribution in [2.45, 2.75) is 0 Å². The molecule has 0 spiro atoms. The van der Waals surface area contributed by atoms with E-state index in [0.29, 0.717) is 11.6 Å². The maximum absolute atomic E-state index is 10.8. The van der Waals surface area contributed by atoms with Crippen molar-refractivity contribution in [3.63, 3.8) is 0 Å². The first-order chi connectivity index (χ1) is 9.65. The summed E-state index contributed by atoms with van der Waals surface area (Å²) in [6.07, 6.45) is 0. The van der Waals surface area contributed by atoms with E-state index in [4.69, 9.17) is 5.11 Å². The summed E-state index contributed by atoms with van der Waals surface area (Å²) in [5, 5.41) is 15.3. The molecular formula is C14H11N3O2S. The molecule has 6 heteroatoms. The summed E-state index contributed by atoms with van der Waals surface area (Å²) in [6.45, 7) is 0. The highest BCUT2D eigenvalue weighted by molar-refractivity contribution is 7.13. The summed E-state index contributed by atoms with van der Waals surface area (Å²) in [6, 6.07) is 10.5. The Morgan fingerprint density at radius 2 is 2.00 bits per heavy atom. The van der Waals surface area contributed by atoms with Crippen molar-refractivity contribution in [2.75, 3.05) is 0 Å². The summed E-state index contributed by atoms with van der Waals surface area (Å²) in [5.41, 5.74) is 1.10. The zero-order valence-electron chi connectivity index (χ0n) is 10.6. The van der Waals surface area contributed by atoms with Crippen molar-refractivity contribution in [3.8, 4) is 22.1 Å². The monoisotopic (exact) mass is 285 g/mol. The molecule has 1 aromatic carbocycles. The first-order valence-electron chi connectivity index (χ1n) is 5.94. The number of carboxylic acids is 1. The van der Waals surface area contributed by atoms with Crippen molar-refractivity contribution < 1.29 is 9.90 Å². The minimum atomic E-state index is -0.936. The van der Waals surface area contributed by atoms with Gasteiger partial charge in [-0.05, 0) is 23.6 Å². The minimum Gasteiger partial charge on any atom is -0.478 e. The third-order valence-electron chi connectivity index (χ3n) is 2.89. The molecule has 0 radical (unpaired) electrons. The molecule has 3 rings (SSSR count). The van der Waals surface area contributed by atoms with E-state index in [1.165, 1.54) is 0 Å². The Morgan fingerprint density at radius 1 is 1.25 bits per heavy atom. The highest BCUT2D eigenvalue weighted by Gasteiger charge is 2.12. The van der Waals surface area contributed by atoms with Gasteiger partial charge >= 0.3 is 5.97 Å². The van der Waals surface area contributed by atoms with Crippen LogP contribution in [0.3, 0.4) is 0 Å². The Bertz CT molecular complexity index is 745. The van der Waals surface area contributed by atoms with Gasteiger partial charge in [0.25, 0.3) is 0 Å². The van der Waals surface area contributed by atoms with Crippen LogP contribution in [0.2, 0.25) is 0 Å². The van der Waals surface area contributed by atoms with Gasteiger partial charge in [-0.1, -0.05) is 18.2 Å². The van der Waals surface area contributed by atoms with Crippen molar-refractivity contribution in [1.29, 1.82) is 0 Å². The molecular weight excluding hydrogens is 274 g/mol. The molecule has 0 atom stereocenters. The zero-order valence-corrected chi connectivity index (χ0v) is 11.5. The van der Waals surface area contributed by atoms with Gasteiger partial charge in [0.2, 0.25) is 0 Å². The fourth-order valence-corrected chi connectivity index (χ4v) is 2.56. The molecule has 5 nitrogen and oxygen atoms in total. The van der Waals surface area contributed by atoms with E-state index in [-0.39, 0.29) is 5.56 Å². The molecule has 0 aliphatic rings. The number of aryl methyl sites for hydroxylation is 1. The second-order valence-corrected chi connectivity index (χ2v) is 5.19. The van der Waals surface area contributed by atoms with Gasteiger partial charge in [-0.3, -0.25) is 0 Å². The maximum Gasteiger partial charge on any atom is 0.335 e. The van der Waals surface area contributed by atoms with Crippen LogP contribution < -0.4 is 0 Å². The lowest BCUT2D eigenvalue weighted by atomic mass is 10.1. The summed E-state index contributed by atoms with van der Waals surface area (Å²) in [5.74, 6) is 0.457. The predicted octanol–water partition coefficient (Wildman–Crippen LogP) is 2.91. The lowest BCUT2D eigenvalue weighted by molar-refractivity contribution is 0.0697. The van der Waals surface area contributed by atoms with E-state index in [1.54, 1.807) is 40.3 Å². The largest absolute Gasteiger partial charge is 0.478 e. The average molecular weight is 285 g/mol. The zero-order chi connectivity index (χ0) is 14.1. The molecule has 0 aliphatic heterocycles. The maximum atomic E-state index is 10.8. The topological polar surface area (TPSA) is 68.0 Å². The first kappa shape index (κ1) is 12.6. The normalized spacial score (nSPS) is 10.7. The van der Waals surface area contributed by atoms with Crippen LogP contribution in [0.1, 0.15) is 10.4 Å². The van der Waals surface area contributed by atoms with Crippen LogP contribution >= 0.6 is 11.3 Å². The Labute approximate surface area is 119 Å². The molecule has 0 fully saturated rings. The highest BCUT2D eigenvalue weighted by atomic mass is 32.1. The van der Waals surface area contributed by atoms with E-state index < -0.39 is 5.97 Å². The molecule has 1 N–H and O–H groups in total. The third kappa shape index (κ3) is 2.21. The van der Waals surface area contributed by atoms with Crippen molar-refractivity contribution in [3.05, 3.63) is 47.3 Å². The second-order valence-electron chi connectivity index (χ2n) is 4.24. The standard InChI is InChI=1S/C14H11N3O2S/c1-17-13(9-4-6-10(7-5-9)14(18)19)15-12(16-17)11-3-2-8-20-11/h2-8H,1H3,(H,18,19). The third-order valence-corrected chi connectivity index (χ3v) is 3.76. The molecule has 2 aromatic heterocycles. The van der Waals surface area contributed by atoms with E-state index in [0.717, 1.165) is 10.4 Å². The number of rotatable bonds is 3. The van der Waals surface area contributed by atoms with Gasteiger partial charge in [-0.15, -0.1) is 16.4 Å². The Morgan fingerprint density at radius 3 is 2.60 bits per heavy atom. The van der Waals surface area contributed by atoms with Crippen LogP contribution in [0.15, 0.2) is 41.8 Å². The van der Waals surface area contributed by atoms with Crippen molar-refractivity contribution in [2.24, 2.45) is 7.05 Å². The van der Waals surface area contributed by atoms with Crippen LogP contribution in [-0.2, 0) is 7.05 Å². The SMILES string of the molecule is Cn1nc(-c2cccs2)nc1-c1ccc(C(=O)O)cc1. The van der Waals surface area contributed by atoms with Gasteiger partial charge < -0.3 is 5.11 Å². The van der Waals surface area contributed by atoms with Crippen LogP contribution in [0.4, 0.5) is 0 Å². The van der Waals surface area contributed by atoms with Gasteiger partial charge in [0.1, 0.15) is 0 Å². The second kappa shape index (κ2) is 4.90. The average Bonchev–Trinajstić information content (AvgIpc) is 3.08. The molecule has 20 heavy (non-hydrogen) atoms. The lowest BCUT2D eigenvalue weighted by Gasteiger charge is -2.00. The summed E-state index contributed by atoms with van der Waals surface area (Å²) < 4.78 is 1.70. The van der Waals surface area contributed by atoms with Gasteiger partial charge in [-0.25, -0.2) is 14.5 Å². The van der Waals surface area contributed by atoms with E-state index >= 15 is 0 Å². The number of hydrogen-bond donors (Lipinski definition) is 1. The van der Waals surface area contributed by atoms with Crippen LogP contribution in [0, 0.1) is 0 Å². The molecule has 0 unspecified atom stereocenters. The number of carboxylic acid groups (broad SMARTS) is 1. The molecule has 0 saturated carbocycles. The highest BCUT2D eigenvalue weighted by Crippen LogP contribution is 2.25. The summed E-state index contributed by atoms with van der Waals surface area (Å²) in [4.78, 5) is 16.4. The number of nitrogens with zero attached hydrogens (tertiary/aromatic N) is 3. The quantitative estimate of drug-likeness (QED) is 0.803. The van der Waals surface area contributed by atoms with Crippen molar-refractivity contribution >= 4 is 17.3 Å². The summed E-state index contributed by atoms with van der Waals surface area (Å²) >= 11 is 1.58. The van der Waals surface area contributed by atoms with Crippen LogP contribution in [0.25, 0.3) is 22.1 Å². The van der Waals surface area contributed by atoms with Gasteiger partial charge in [0.05, 0.1) is 10.4 Å². The Hall–Kier alpha value is -2.47. The lowest BCUT2D eigenvalue weighted by Crippen LogP contribution is -1.97. The molecule has 0 amide bonds. The summed E-state index contributed by atoms with van der Waals surface area (Å²) in [7, 11) is 1.82. The number of aromatic nitrogens is 3. The van der Waals surface area contributed by atoms with Gasteiger partial charge in [0.15, 0.2) is 11.6 Å². The number of aromatic carboxylic acids is 1. The van der Waals surface area contributed by atoms with E-state index in [2.05, 4.69) is 10.1 Å². The molecule has 100 valence electrons. The Kier molecular flexibility index (Phi) is 3.08. The van der Waals surface area contributed by atoms with Gasteiger partial charge in [0, 0.05) is 12.6 Å². The fraction of sp³-hybridized carbons (Fsp3) is 0.0714. The smallest absolute Gasteiger partial charge is 0.335 e. The number of benzene rings is 1. The van der Waals surface area contributed by atoms with Crippen molar-refractivity contribution in [1.82, 2.24) is 14.8 Å². The molecule has 0 bridgehead atoms. The molecule has 3 aromatic rings. The van der Waals surface area contributed by atoms with E-state index in [9.17, 15) is 4.79 Å². The molecule has 0 aliphatic carbocycles. The number of hydrogen-bond acceptors (Lipinski definition) is 4. The molecule has 0 saturated heterocycles. The van der Waals surface area contributed by atoms with E-state index in [1.807, 2.05) is 24.6 Å². The number of thiophene rings is 1. The Balaban J connectivity index is 2.00. The van der Waals surface area contributed by atoms with Crippen LogP contribution in [-0.4, -0.2) is 25.8 Å². The fourth-order valence-electron chi connectivity index (χ4n) is 1.91. The first-order valence-corrected chi connectivity index (χ1v) is 6.82. The van der Waals surface area contributed by atoms with Gasteiger partial charge in [-0.2, -0.15) is 0 Å². The molecule has 2 heterocycles. The number of carbonyl (C=O) groups is 1.